The van der Waals surface area contributed by atoms with E-state index >= 15 is 0 Å². The lowest BCUT2D eigenvalue weighted by molar-refractivity contribution is 0.402. The summed E-state index contributed by atoms with van der Waals surface area (Å²) < 4.78 is 33.5. The maximum Gasteiger partial charge on any atom is 0.244 e. The number of sulfonamides is 1. The minimum atomic E-state index is -3.59. The molecule has 1 saturated carbocycles. The summed E-state index contributed by atoms with van der Waals surface area (Å²) in [6.45, 7) is 2.44. The van der Waals surface area contributed by atoms with Gasteiger partial charge in [0.1, 0.15) is 10.6 Å². The molecular formula is C17H21NO3S2. The van der Waals surface area contributed by atoms with Crippen LogP contribution in [0.15, 0.2) is 40.6 Å². The molecule has 6 heteroatoms. The first-order valence-corrected chi connectivity index (χ1v) is 10.1. The summed E-state index contributed by atoms with van der Waals surface area (Å²) in [4.78, 5) is 1.48. The molecule has 23 heavy (non-hydrogen) atoms. The van der Waals surface area contributed by atoms with Crippen molar-refractivity contribution in [1.29, 1.82) is 0 Å². The summed E-state index contributed by atoms with van der Waals surface area (Å²) >= 11 is 1.69. The summed E-state index contributed by atoms with van der Waals surface area (Å²) in [5.74, 6) is 0.385. The number of hydrogen-bond donors (Lipinski definition) is 1. The van der Waals surface area contributed by atoms with Gasteiger partial charge in [0.25, 0.3) is 0 Å². The molecule has 0 unspecified atom stereocenters. The lowest BCUT2D eigenvalue weighted by atomic mass is 10.1. The summed E-state index contributed by atoms with van der Waals surface area (Å²) in [7, 11) is -2.10. The fourth-order valence-corrected chi connectivity index (χ4v) is 5.04. The predicted molar refractivity (Wildman–Crippen MR) is 92.8 cm³/mol. The quantitative estimate of drug-likeness (QED) is 0.832. The van der Waals surface area contributed by atoms with Crippen LogP contribution in [-0.2, 0) is 21.9 Å². The first kappa shape index (κ1) is 16.5. The van der Waals surface area contributed by atoms with E-state index < -0.39 is 10.0 Å². The van der Waals surface area contributed by atoms with Crippen molar-refractivity contribution in [1.82, 2.24) is 4.72 Å². The molecule has 1 fully saturated rings. The van der Waals surface area contributed by atoms with Crippen LogP contribution in [0.4, 0.5) is 0 Å². The lowest BCUT2D eigenvalue weighted by Gasteiger charge is -2.16. The van der Waals surface area contributed by atoms with Crippen molar-refractivity contribution in [3.63, 3.8) is 0 Å². The van der Waals surface area contributed by atoms with Gasteiger partial charge in [-0.2, -0.15) is 0 Å². The third-order valence-corrected chi connectivity index (χ3v) is 6.96. The smallest absolute Gasteiger partial charge is 0.244 e. The highest BCUT2D eigenvalue weighted by Crippen LogP contribution is 2.49. The molecule has 0 spiro atoms. The Morgan fingerprint density at radius 1 is 1.30 bits per heavy atom. The monoisotopic (exact) mass is 351 g/mol. The Morgan fingerprint density at radius 2 is 2.09 bits per heavy atom. The number of methoxy groups -OCH3 is 1. The van der Waals surface area contributed by atoms with Crippen LogP contribution >= 0.6 is 11.3 Å². The maximum atomic E-state index is 12.7. The van der Waals surface area contributed by atoms with E-state index in [1.807, 2.05) is 24.4 Å². The first-order chi connectivity index (χ1) is 11.0. The van der Waals surface area contributed by atoms with Crippen LogP contribution in [0.2, 0.25) is 0 Å². The molecule has 2 aromatic rings. The Kier molecular flexibility index (Phi) is 4.49. The number of benzene rings is 1. The predicted octanol–water partition coefficient (Wildman–Crippen LogP) is 3.33. The van der Waals surface area contributed by atoms with Gasteiger partial charge in [0.2, 0.25) is 10.0 Å². The van der Waals surface area contributed by atoms with Gasteiger partial charge >= 0.3 is 0 Å². The van der Waals surface area contributed by atoms with E-state index in [4.69, 9.17) is 4.74 Å². The van der Waals surface area contributed by atoms with Crippen LogP contribution in [0.25, 0.3) is 0 Å². The van der Waals surface area contributed by atoms with Gasteiger partial charge in [0.15, 0.2) is 0 Å². The lowest BCUT2D eigenvalue weighted by Crippen LogP contribution is -2.32. The third kappa shape index (κ3) is 3.29. The van der Waals surface area contributed by atoms with Crippen molar-refractivity contribution in [3.8, 4) is 5.75 Å². The van der Waals surface area contributed by atoms with Gasteiger partial charge in [-0.3, -0.25) is 0 Å². The van der Waals surface area contributed by atoms with Crippen LogP contribution in [0, 0.1) is 0 Å². The molecular weight excluding hydrogens is 330 g/mol. The normalized spacial score (nSPS) is 16.3. The van der Waals surface area contributed by atoms with Gasteiger partial charge < -0.3 is 4.74 Å². The zero-order valence-corrected chi connectivity index (χ0v) is 15.0. The second kappa shape index (κ2) is 6.26. The minimum Gasteiger partial charge on any atom is -0.495 e. The number of ether oxygens (including phenoxy) is 1. The number of nitrogens with one attached hydrogen (secondary N) is 1. The molecule has 0 bridgehead atoms. The third-order valence-electron chi connectivity index (χ3n) is 4.42. The minimum absolute atomic E-state index is 0.0170. The van der Waals surface area contributed by atoms with Crippen molar-refractivity contribution < 1.29 is 13.2 Å². The summed E-state index contributed by atoms with van der Waals surface area (Å²) in [5.41, 5.74) is 0.960. The number of hydrogen-bond acceptors (Lipinski definition) is 4. The molecule has 1 aromatic heterocycles. The highest BCUT2D eigenvalue weighted by molar-refractivity contribution is 7.89. The molecule has 1 N–H and O–H groups in total. The van der Waals surface area contributed by atoms with Gasteiger partial charge in [0, 0.05) is 16.8 Å². The van der Waals surface area contributed by atoms with E-state index in [9.17, 15) is 8.42 Å². The zero-order valence-electron chi connectivity index (χ0n) is 13.3. The fraction of sp³-hybridized carbons (Fsp3) is 0.412. The largest absolute Gasteiger partial charge is 0.495 e. The molecule has 0 saturated heterocycles. The standard InChI is InChI=1S/C17H21NO3S2/c1-3-13-6-7-14(21-2)15(11-13)23(19,20)18-12-17(8-9-17)16-5-4-10-22-16/h4-7,10-11,18H,3,8-9,12H2,1-2H3. The van der Waals surface area contributed by atoms with Gasteiger partial charge in [-0.1, -0.05) is 19.1 Å². The Hall–Kier alpha value is -1.37. The Labute approximate surface area is 141 Å². The van der Waals surface area contributed by atoms with Crippen molar-refractivity contribution in [2.75, 3.05) is 13.7 Å². The second-order valence-electron chi connectivity index (χ2n) is 5.92. The number of rotatable bonds is 7. The molecule has 124 valence electrons. The number of thiophene rings is 1. The van der Waals surface area contributed by atoms with E-state index in [0.717, 1.165) is 24.8 Å². The highest BCUT2D eigenvalue weighted by Gasteiger charge is 2.45. The Morgan fingerprint density at radius 3 is 2.65 bits per heavy atom. The van der Waals surface area contributed by atoms with Crippen molar-refractivity contribution in [2.45, 2.75) is 36.5 Å². The molecule has 3 rings (SSSR count). The van der Waals surface area contributed by atoms with Gasteiger partial charge in [0.05, 0.1) is 7.11 Å². The Bertz CT molecular complexity index is 778. The van der Waals surface area contributed by atoms with E-state index in [0.29, 0.717) is 12.3 Å². The summed E-state index contributed by atoms with van der Waals surface area (Å²) in [6.07, 6.45) is 2.84. The Balaban J connectivity index is 1.82. The molecule has 1 heterocycles. The highest BCUT2D eigenvalue weighted by atomic mass is 32.2. The van der Waals surface area contributed by atoms with E-state index in [1.165, 1.54) is 12.0 Å². The fourth-order valence-electron chi connectivity index (χ4n) is 2.70. The van der Waals surface area contributed by atoms with E-state index in [-0.39, 0.29) is 10.3 Å². The maximum absolute atomic E-state index is 12.7. The van der Waals surface area contributed by atoms with E-state index in [1.54, 1.807) is 23.5 Å². The molecule has 0 amide bonds. The molecule has 4 nitrogen and oxygen atoms in total. The van der Waals surface area contributed by atoms with Crippen molar-refractivity contribution >= 4 is 21.4 Å². The average Bonchev–Trinajstić information content (AvgIpc) is 3.15. The SMILES string of the molecule is CCc1ccc(OC)c(S(=O)(=O)NCC2(c3cccs3)CC2)c1. The first-order valence-electron chi connectivity index (χ1n) is 7.71. The summed E-state index contributed by atoms with van der Waals surface area (Å²) in [6, 6.07) is 9.42. The van der Waals surface area contributed by atoms with Crippen LogP contribution in [0.3, 0.4) is 0 Å². The molecule has 1 aliphatic rings. The number of aryl methyl sites for hydroxylation is 1. The van der Waals surface area contributed by atoms with E-state index in [2.05, 4.69) is 10.8 Å². The molecule has 0 atom stereocenters. The van der Waals surface area contributed by atoms with Crippen LogP contribution in [0.5, 0.6) is 5.75 Å². The van der Waals surface area contributed by atoms with Crippen LogP contribution < -0.4 is 9.46 Å². The average molecular weight is 351 g/mol. The van der Waals surface area contributed by atoms with Crippen LogP contribution in [0.1, 0.15) is 30.2 Å². The van der Waals surface area contributed by atoms with Crippen LogP contribution in [-0.4, -0.2) is 22.1 Å². The topological polar surface area (TPSA) is 55.4 Å². The molecule has 1 aliphatic carbocycles. The van der Waals surface area contributed by atoms with Crippen molar-refractivity contribution in [3.05, 3.63) is 46.2 Å². The second-order valence-corrected chi connectivity index (χ2v) is 8.60. The molecule has 0 aliphatic heterocycles. The molecule has 0 radical (unpaired) electrons. The summed E-state index contributed by atoms with van der Waals surface area (Å²) in [5, 5.41) is 2.04. The zero-order chi connectivity index (χ0) is 16.5. The van der Waals surface area contributed by atoms with Gasteiger partial charge in [-0.15, -0.1) is 11.3 Å². The van der Waals surface area contributed by atoms with Crippen molar-refractivity contribution in [2.24, 2.45) is 0 Å². The molecule has 1 aromatic carbocycles. The van der Waals surface area contributed by atoms with Gasteiger partial charge in [-0.25, -0.2) is 13.1 Å². The van der Waals surface area contributed by atoms with Gasteiger partial charge in [-0.05, 0) is 48.4 Å².